The molecule has 1 saturated carbocycles. The van der Waals surface area contributed by atoms with Gasteiger partial charge < -0.3 is 20.5 Å². The molecule has 0 bridgehead atoms. The second-order valence-electron chi connectivity index (χ2n) is 8.81. The lowest BCUT2D eigenvalue weighted by atomic mass is 9.79. The molecule has 28 heavy (non-hydrogen) atoms. The number of carbonyl (C=O) groups excluding carboxylic acids is 1. The van der Waals surface area contributed by atoms with Crippen LogP contribution in [0.2, 0.25) is 0 Å². The van der Waals surface area contributed by atoms with Gasteiger partial charge in [-0.3, -0.25) is 9.69 Å². The summed E-state index contributed by atoms with van der Waals surface area (Å²) in [7, 11) is 0. The van der Waals surface area contributed by atoms with Gasteiger partial charge in [-0.15, -0.1) is 11.8 Å². The molecule has 0 spiro atoms. The number of carboxylic acid groups (broad SMARTS) is 1. The van der Waals surface area contributed by atoms with Crippen molar-refractivity contribution in [3.05, 3.63) is 10.6 Å². The third-order valence-corrected chi connectivity index (χ3v) is 8.47. The Morgan fingerprint density at radius 1 is 1.32 bits per heavy atom. The molecule has 0 radical (unpaired) electrons. The smallest absolute Gasteiger partial charge is 0.353 e. The Kier molecular flexibility index (Phi) is 5.08. The van der Waals surface area contributed by atoms with E-state index in [1.54, 1.807) is 18.7 Å². The molecule has 1 aliphatic carbocycles. The molecule has 1 amide bonds. The highest BCUT2D eigenvalue weighted by atomic mass is 32.2. The average molecular weight is 408 g/mol. The number of fused-ring (bicyclic) bond motifs is 1. The summed E-state index contributed by atoms with van der Waals surface area (Å²) < 4.78 is 0. The number of carboxylic acids is 1. The van der Waals surface area contributed by atoms with E-state index in [9.17, 15) is 19.8 Å². The summed E-state index contributed by atoms with van der Waals surface area (Å²) in [5, 5.41) is 27.8. The Morgan fingerprint density at radius 2 is 2.00 bits per heavy atom. The minimum atomic E-state index is -1.05. The topological polar surface area (TPSA) is 105 Å². The van der Waals surface area contributed by atoms with Gasteiger partial charge >= 0.3 is 5.97 Å². The van der Waals surface area contributed by atoms with Crippen molar-refractivity contribution in [1.29, 1.82) is 5.41 Å². The lowest BCUT2D eigenvalue weighted by Crippen LogP contribution is -2.63. The lowest BCUT2D eigenvalue weighted by molar-refractivity contribution is -0.163. The van der Waals surface area contributed by atoms with Crippen LogP contribution in [-0.2, 0) is 9.59 Å². The molecule has 3 heterocycles. The highest BCUT2D eigenvalue weighted by Gasteiger charge is 2.60. The first kappa shape index (κ1) is 19.9. The molecule has 0 aromatic carbocycles. The van der Waals surface area contributed by atoms with Gasteiger partial charge in [0, 0.05) is 40.9 Å². The Morgan fingerprint density at radius 3 is 2.54 bits per heavy atom. The van der Waals surface area contributed by atoms with Crippen LogP contribution in [0.3, 0.4) is 0 Å². The fourth-order valence-electron chi connectivity index (χ4n) is 5.38. The van der Waals surface area contributed by atoms with Crippen molar-refractivity contribution in [3.8, 4) is 0 Å². The Hall–Kier alpha value is -1.38. The van der Waals surface area contributed by atoms with E-state index in [0.717, 1.165) is 43.0 Å². The fourth-order valence-corrected chi connectivity index (χ4v) is 6.93. The molecular weight excluding hydrogens is 378 g/mol. The summed E-state index contributed by atoms with van der Waals surface area (Å²) in [5.74, 6) is -1.46. The molecule has 3 aliphatic heterocycles. The lowest BCUT2D eigenvalue weighted by Gasteiger charge is -2.46. The SMILES string of the molecule is CC(=N)[C@H]1CC[C@H](N2CC(SC3=C(C(=O)O)N4C(=O)[C@H]([C@@H](C)O)[C@H]4[C@H]3C)C2)C1. The number of aliphatic hydroxyl groups excluding tert-OH is 1. The number of nitrogens with zero attached hydrogens (tertiary/aromatic N) is 2. The first-order valence-corrected chi connectivity index (χ1v) is 11.0. The molecule has 0 aromatic rings. The van der Waals surface area contributed by atoms with Crippen LogP contribution in [-0.4, -0.2) is 74.1 Å². The van der Waals surface area contributed by atoms with Gasteiger partial charge in [0.25, 0.3) is 0 Å². The summed E-state index contributed by atoms with van der Waals surface area (Å²) in [6.45, 7) is 7.34. The predicted octanol–water partition coefficient (Wildman–Crippen LogP) is 1.77. The Labute approximate surface area is 169 Å². The summed E-state index contributed by atoms with van der Waals surface area (Å²) in [4.78, 5) is 28.9. The number of aliphatic carboxylic acids is 1. The number of hydrogen-bond acceptors (Lipinski definition) is 6. The minimum Gasteiger partial charge on any atom is -0.477 e. The van der Waals surface area contributed by atoms with Crippen LogP contribution in [0.1, 0.15) is 40.0 Å². The van der Waals surface area contributed by atoms with Gasteiger partial charge in [0.2, 0.25) is 5.91 Å². The van der Waals surface area contributed by atoms with Crippen molar-refractivity contribution in [2.75, 3.05) is 13.1 Å². The third-order valence-electron chi connectivity index (χ3n) is 7.01. The fraction of sp³-hybridized carbons (Fsp3) is 0.750. The number of thioether (sulfide) groups is 1. The van der Waals surface area contributed by atoms with E-state index in [4.69, 9.17) is 5.41 Å². The molecule has 7 nitrogen and oxygen atoms in total. The highest BCUT2D eigenvalue weighted by Crippen LogP contribution is 2.52. The third kappa shape index (κ3) is 3.00. The van der Waals surface area contributed by atoms with E-state index in [1.807, 2.05) is 13.8 Å². The quantitative estimate of drug-likeness (QED) is 0.458. The van der Waals surface area contributed by atoms with Crippen LogP contribution in [0.15, 0.2) is 10.6 Å². The normalized spacial score (nSPS) is 36.9. The summed E-state index contributed by atoms with van der Waals surface area (Å²) in [5.41, 5.74) is 0.912. The van der Waals surface area contributed by atoms with Crippen molar-refractivity contribution in [2.24, 2.45) is 17.8 Å². The molecule has 2 saturated heterocycles. The summed E-state index contributed by atoms with van der Waals surface area (Å²) in [6.07, 6.45) is 2.53. The molecular formula is C20H29N3O4S. The van der Waals surface area contributed by atoms with Gasteiger partial charge in [0.15, 0.2) is 0 Å². The monoisotopic (exact) mass is 407 g/mol. The van der Waals surface area contributed by atoms with Crippen molar-refractivity contribution in [2.45, 2.75) is 63.5 Å². The molecule has 3 fully saturated rings. The van der Waals surface area contributed by atoms with Crippen molar-refractivity contribution >= 4 is 29.4 Å². The van der Waals surface area contributed by atoms with Gasteiger partial charge in [-0.05, 0) is 39.0 Å². The average Bonchev–Trinajstić information content (AvgIpc) is 3.13. The van der Waals surface area contributed by atoms with Crippen LogP contribution in [0, 0.1) is 23.2 Å². The highest BCUT2D eigenvalue weighted by molar-refractivity contribution is 8.03. The maximum Gasteiger partial charge on any atom is 0.353 e. The second-order valence-corrected chi connectivity index (χ2v) is 10.2. The van der Waals surface area contributed by atoms with Crippen LogP contribution >= 0.6 is 11.8 Å². The molecule has 6 atom stereocenters. The van der Waals surface area contributed by atoms with Crippen LogP contribution < -0.4 is 0 Å². The van der Waals surface area contributed by atoms with E-state index in [2.05, 4.69) is 4.90 Å². The molecule has 154 valence electrons. The van der Waals surface area contributed by atoms with Gasteiger partial charge in [-0.1, -0.05) is 6.92 Å². The molecule has 0 aromatic heterocycles. The number of carbonyl (C=O) groups is 2. The number of amides is 1. The van der Waals surface area contributed by atoms with Gasteiger partial charge in [0.1, 0.15) is 5.70 Å². The van der Waals surface area contributed by atoms with Gasteiger partial charge in [-0.2, -0.15) is 0 Å². The first-order valence-electron chi connectivity index (χ1n) is 10.1. The summed E-state index contributed by atoms with van der Waals surface area (Å²) >= 11 is 1.61. The predicted molar refractivity (Wildman–Crippen MR) is 107 cm³/mol. The number of likely N-dealkylation sites (tertiary alicyclic amines) is 1. The van der Waals surface area contributed by atoms with Crippen LogP contribution in [0.4, 0.5) is 0 Å². The van der Waals surface area contributed by atoms with E-state index >= 15 is 0 Å². The molecule has 4 aliphatic rings. The Balaban J connectivity index is 1.41. The standard InChI is InChI=1S/C20H29N3O4S/c1-9-16-15(11(3)24)19(25)23(16)17(20(26)27)18(9)28-14-7-22(8-14)13-5-4-12(6-13)10(2)21/h9,11-16,21,24H,4-8H2,1-3H3,(H,26,27)/t9-,11-,12+,13+,15-,16-/m1/s1. The maximum absolute atomic E-state index is 12.4. The number of nitrogens with one attached hydrogen (secondary N) is 1. The zero-order valence-corrected chi connectivity index (χ0v) is 17.4. The van der Waals surface area contributed by atoms with Crippen LogP contribution in [0.25, 0.3) is 0 Å². The number of rotatable bonds is 6. The summed E-state index contributed by atoms with van der Waals surface area (Å²) in [6, 6.07) is 0.306. The minimum absolute atomic E-state index is 0.0566. The number of β-lactam (4-membered cyclic amide) rings is 1. The Bertz CT molecular complexity index is 746. The van der Waals surface area contributed by atoms with Crippen molar-refractivity contribution in [1.82, 2.24) is 9.80 Å². The second kappa shape index (κ2) is 7.15. The number of hydrogen-bond donors (Lipinski definition) is 3. The molecule has 4 rings (SSSR count). The van der Waals surface area contributed by atoms with E-state index in [-0.39, 0.29) is 23.6 Å². The largest absolute Gasteiger partial charge is 0.477 e. The zero-order valence-electron chi connectivity index (χ0n) is 16.6. The number of aliphatic hydroxyl groups is 1. The van der Waals surface area contributed by atoms with E-state index in [1.165, 1.54) is 4.90 Å². The van der Waals surface area contributed by atoms with E-state index in [0.29, 0.717) is 17.2 Å². The maximum atomic E-state index is 12.4. The van der Waals surface area contributed by atoms with Gasteiger partial charge in [-0.25, -0.2) is 4.79 Å². The van der Waals surface area contributed by atoms with E-state index < -0.39 is 18.0 Å². The molecule has 3 N–H and O–H groups in total. The molecule has 8 heteroatoms. The zero-order chi connectivity index (χ0) is 20.3. The first-order chi connectivity index (χ1) is 13.2. The van der Waals surface area contributed by atoms with Crippen LogP contribution in [0.5, 0.6) is 0 Å². The van der Waals surface area contributed by atoms with Crippen molar-refractivity contribution in [3.63, 3.8) is 0 Å². The van der Waals surface area contributed by atoms with Crippen molar-refractivity contribution < 1.29 is 19.8 Å². The van der Waals surface area contributed by atoms with Gasteiger partial charge in [0.05, 0.1) is 18.1 Å². The molecule has 0 unspecified atom stereocenters.